The molecule has 3 rings (SSSR count). The van der Waals surface area contributed by atoms with Crippen molar-refractivity contribution in [2.24, 2.45) is 16.1 Å². The SMILES string of the molecule is CCOC(=O)C1C(C(F)F)N=NC12C(=O)N(C)c1ccccc12. The third kappa shape index (κ3) is 1.97. The molecule has 0 aliphatic carbocycles. The average molecular weight is 323 g/mol. The van der Waals surface area contributed by atoms with Gasteiger partial charge in [0.1, 0.15) is 12.0 Å². The van der Waals surface area contributed by atoms with Crippen LogP contribution in [0.5, 0.6) is 0 Å². The molecule has 1 aromatic rings. The molecule has 1 aromatic carbocycles. The molecule has 0 saturated carbocycles. The van der Waals surface area contributed by atoms with Crippen LogP contribution in [0.3, 0.4) is 0 Å². The minimum atomic E-state index is -2.92. The number of fused-ring (bicyclic) bond motifs is 2. The lowest BCUT2D eigenvalue weighted by atomic mass is 9.77. The zero-order chi connectivity index (χ0) is 16.8. The third-order valence-electron chi connectivity index (χ3n) is 4.25. The molecule has 1 spiro atoms. The van der Waals surface area contributed by atoms with E-state index in [1.165, 1.54) is 11.9 Å². The Morgan fingerprint density at radius 2 is 2.13 bits per heavy atom. The summed E-state index contributed by atoms with van der Waals surface area (Å²) in [5, 5.41) is 7.45. The van der Waals surface area contributed by atoms with Crippen LogP contribution in [0.15, 0.2) is 34.5 Å². The fraction of sp³-hybridized carbons (Fsp3) is 0.467. The quantitative estimate of drug-likeness (QED) is 0.800. The zero-order valence-electron chi connectivity index (χ0n) is 12.6. The van der Waals surface area contributed by atoms with Crippen LogP contribution in [0.2, 0.25) is 0 Å². The fourth-order valence-corrected chi connectivity index (χ4v) is 3.24. The monoisotopic (exact) mass is 323 g/mol. The van der Waals surface area contributed by atoms with Gasteiger partial charge < -0.3 is 9.64 Å². The van der Waals surface area contributed by atoms with Gasteiger partial charge in [0.15, 0.2) is 0 Å². The van der Waals surface area contributed by atoms with Crippen molar-refractivity contribution in [3.63, 3.8) is 0 Å². The third-order valence-corrected chi connectivity index (χ3v) is 4.25. The Kier molecular flexibility index (Phi) is 3.62. The number of likely N-dealkylation sites (N-methyl/N-ethyl adjacent to an activating group) is 1. The van der Waals surface area contributed by atoms with Gasteiger partial charge in [-0.3, -0.25) is 9.59 Å². The van der Waals surface area contributed by atoms with E-state index in [0.717, 1.165) is 0 Å². The first-order valence-electron chi connectivity index (χ1n) is 7.19. The number of amides is 1. The summed E-state index contributed by atoms with van der Waals surface area (Å²) in [6.45, 7) is 1.59. The number of esters is 1. The molecule has 23 heavy (non-hydrogen) atoms. The number of anilines is 1. The molecule has 3 unspecified atom stereocenters. The number of para-hydroxylation sites is 1. The second-order valence-corrected chi connectivity index (χ2v) is 5.42. The number of rotatable bonds is 3. The van der Waals surface area contributed by atoms with Crippen molar-refractivity contribution < 1.29 is 23.1 Å². The molecule has 8 heteroatoms. The molecule has 0 aromatic heterocycles. The maximum Gasteiger partial charge on any atom is 0.314 e. The Balaban J connectivity index is 2.18. The Morgan fingerprint density at radius 3 is 2.78 bits per heavy atom. The summed E-state index contributed by atoms with van der Waals surface area (Å²) >= 11 is 0. The van der Waals surface area contributed by atoms with E-state index < -0.39 is 35.8 Å². The molecule has 0 radical (unpaired) electrons. The standard InChI is InChI=1S/C15H15F2N3O3/c1-3-23-13(21)10-11(12(16)17)18-19-15(10)8-6-4-5-7-9(8)20(2)14(15)22/h4-7,10-12H,3H2,1-2H3. The average Bonchev–Trinajstić information content (AvgIpc) is 3.03. The van der Waals surface area contributed by atoms with Gasteiger partial charge in [-0.1, -0.05) is 18.2 Å². The Morgan fingerprint density at radius 1 is 1.43 bits per heavy atom. The smallest absolute Gasteiger partial charge is 0.314 e. The van der Waals surface area contributed by atoms with Gasteiger partial charge in [-0.2, -0.15) is 10.2 Å². The summed E-state index contributed by atoms with van der Waals surface area (Å²) in [4.78, 5) is 26.4. The number of nitrogens with zero attached hydrogens (tertiary/aromatic N) is 3. The summed E-state index contributed by atoms with van der Waals surface area (Å²) in [6.07, 6.45) is -2.92. The van der Waals surface area contributed by atoms with Gasteiger partial charge in [0, 0.05) is 18.3 Å². The van der Waals surface area contributed by atoms with Gasteiger partial charge in [0.05, 0.1) is 6.61 Å². The van der Waals surface area contributed by atoms with Gasteiger partial charge in [-0.15, -0.1) is 0 Å². The zero-order valence-corrected chi connectivity index (χ0v) is 12.6. The highest BCUT2D eigenvalue weighted by molar-refractivity contribution is 6.10. The van der Waals surface area contributed by atoms with Crippen molar-refractivity contribution in [2.45, 2.75) is 24.9 Å². The summed E-state index contributed by atoms with van der Waals surface area (Å²) < 4.78 is 31.6. The predicted octanol–water partition coefficient (Wildman–Crippen LogP) is 2.14. The number of alkyl halides is 2. The summed E-state index contributed by atoms with van der Waals surface area (Å²) in [7, 11) is 1.52. The normalized spacial score (nSPS) is 28.7. The number of carbonyl (C=O) groups excluding carboxylic acids is 2. The van der Waals surface area contributed by atoms with Gasteiger partial charge in [-0.25, -0.2) is 8.78 Å². The van der Waals surface area contributed by atoms with Crippen LogP contribution in [0.25, 0.3) is 0 Å². The van der Waals surface area contributed by atoms with Crippen LogP contribution in [0.4, 0.5) is 14.5 Å². The van der Waals surface area contributed by atoms with E-state index in [-0.39, 0.29) is 6.61 Å². The van der Waals surface area contributed by atoms with Gasteiger partial charge >= 0.3 is 5.97 Å². The van der Waals surface area contributed by atoms with E-state index in [2.05, 4.69) is 10.2 Å². The van der Waals surface area contributed by atoms with Crippen molar-refractivity contribution in [3.8, 4) is 0 Å². The van der Waals surface area contributed by atoms with E-state index in [9.17, 15) is 18.4 Å². The number of carbonyl (C=O) groups is 2. The fourth-order valence-electron chi connectivity index (χ4n) is 3.24. The van der Waals surface area contributed by atoms with Gasteiger partial charge in [0.2, 0.25) is 5.54 Å². The number of halogens is 2. The second kappa shape index (κ2) is 5.36. The Bertz CT molecular complexity index is 694. The van der Waals surface area contributed by atoms with Crippen LogP contribution in [0.1, 0.15) is 12.5 Å². The number of hydrogen-bond donors (Lipinski definition) is 0. The first-order chi connectivity index (χ1) is 10.9. The summed E-state index contributed by atoms with van der Waals surface area (Å²) in [6, 6.07) is 4.97. The lowest BCUT2D eigenvalue weighted by Gasteiger charge is -2.27. The highest BCUT2D eigenvalue weighted by atomic mass is 19.3. The highest BCUT2D eigenvalue weighted by Gasteiger charge is 2.65. The van der Waals surface area contributed by atoms with Gasteiger partial charge in [0.25, 0.3) is 12.3 Å². The second-order valence-electron chi connectivity index (χ2n) is 5.42. The van der Waals surface area contributed by atoms with Crippen LogP contribution in [0, 0.1) is 5.92 Å². The Labute approximate surface area is 131 Å². The summed E-state index contributed by atoms with van der Waals surface area (Å²) in [5.41, 5.74) is -0.836. The predicted molar refractivity (Wildman–Crippen MR) is 76.3 cm³/mol. The van der Waals surface area contributed by atoms with Crippen molar-refractivity contribution in [2.75, 3.05) is 18.6 Å². The summed E-state index contributed by atoms with van der Waals surface area (Å²) in [5.74, 6) is -2.91. The van der Waals surface area contributed by atoms with Crippen molar-refractivity contribution in [3.05, 3.63) is 29.8 Å². The molecule has 0 bridgehead atoms. The molecule has 3 atom stereocenters. The largest absolute Gasteiger partial charge is 0.466 e. The molecule has 2 heterocycles. The number of azo groups is 1. The Hall–Kier alpha value is -2.38. The lowest BCUT2D eigenvalue weighted by molar-refractivity contribution is -0.154. The molecule has 0 N–H and O–H groups in total. The number of ether oxygens (including phenoxy) is 1. The molecule has 1 amide bonds. The first-order valence-corrected chi connectivity index (χ1v) is 7.19. The topological polar surface area (TPSA) is 71.3 Å². The molecule has 2 aliphatic heterocycles. The van der Waals surface area contributed by atoms with E-state index >= 15 is 0 Å². The maximum atomic E-state index is 13.3. The van der Waals surface area contributed by atoms with Gasteiger partial charge in [-0.05, 0) is 13.0 Å². The van der Waals surface area contributed by atoms with E-state index in [4.69, 9.17) is 4.74 Å². The van der Waals surface area contributed by atoms with Crippen LogP contribution >= 0.6 is 0 Å². The van der Waals surface area contributed by atoms with E-state index in [1.54, 1.807) is 31.2 Å². The highest BCUT2D eigenvalue weighted by Crippen LogP contribution is 2.52. The minimum Gasteiger partial charge on any atom is -0.466 e. The minimum absolute atomic E-state index is 0.0209. The lowest BCUT2D eigenvalue weighted by Crippen LogP contribution is -2.49. The van der Waals surface area contributed by atoms with Crippen LogP contribution < -0.4 is 4.90 Å². The van der Waals surface area contributed by atoms with Crippen molar-refractivity contribution in [1.29, 1.82) is 0 Å². The molecule has 2 aliphatic rings. The van der Waals surface area contributed by atoms with Crippen LogP contribution in [-0.2, 0) is 19.9 Å². The number of benzene rings is 1. The van der Waals surface area contributed by atoms with E-state index in [1.807, 2.05) is 0 Å². The molecule has 122 valence electrons. The van der Waals surface area contributed by atoms with E-state index in [0.29, 0.717) is 11.3 Å². The van der Waals surface area contributed by atoms with Crippen LogP contribution in [-0.4, -0.2) is 38.0 Å². The first kappa shape index (κ1) is 15.5. The van der Waals surface area contributed by atoms with Crippen molar-refractivity contribution in [1.82, 2.24) is 0 Å². The molecular formula is C15H15F2N3O3. The molecule has 0 saturated heterocycles. The van der Waals surface area contributed by atoms with Crippen molar-refractivity contribution >= 4 is 17.6 Å². The maximum absolute atomic E-state index is 13.3. The molecule has 6 nitrogen and oxygen atoms in total. The molecular weight excluding hydrogens is 308 g/mol. The molecule has 0 fully saturated rings. The number of hydrogen-bond acceptors (Lipinski definition) is 5.